The summed E-state index contributed by atoms with van der Waals surface area (Å²) < 4.78 is 0. The molecule has 0 amide bonds. The van der Waals surface area contributed by atoms with Crippen molar-refractivity contribution >= 4 is 23.2 Å². The molecule has 1 aromatic rings. The molecular formula is C11H13Cl2N. The fraction of sp³-hybridized carbons (Fsp3) is 0.455. The van der Waals surface area contributed by atoms with Crippen LogP contribution in [0.4, 0.5) is 0 Å². The average molecular weight is 230 g/mol. The van der Waals surface area contributed by atoms with Crippen LogP contribution in [-0.4, -0.2) is 6.54 Å². The monoisotopic (exact) mass is 229 g/mol. The predicted molar refractivity (Wildman–Crippen MR) is 61.0 cm³/mol. The molecular weight excluding hydrogens is 217 g/mol. The Hall–Kier alpha value is -0.240. The topological polar surface area (TPSA) is 12.0 Å². The third-order valence-electron chi connectivity index (χ3n) is 2.71. The first-order chi connectivity index (χ1) is 6.68. The lowest BCUT2D eigenvalue weighted by atomic mass is 10.0. The van der Waals surface area contributed by atoms with Gasteiger partial charge in [-0.25, -0.2) is 0 Å². The zero-order valence-electron chi connectivity index (χ0n) is 8.06. The highest BCUT2D eigenvalue weighted by molar-refractivity contribution is 6.42. The Labute approximate surface area is 94.4 Å². The van der Waals surface area contributed by atoms with E-state index in [1.165, 1.54) is 0 Å². The van der Waals surface area contributed by atoms with Crippen molar-refractivity contribution in [3.05, 3.63) is 33.8 Å². The minimum atomic E-state index is 0.371. The van der Waals surface area contributed by atoms with Crippen molar-refractivity contribution in [1.29, 1.82) is 0 Å². The smallest absolute Gasteiger partial charge is 0.0640 e. The van der Waals surface area contributed by atoms with Gasteiger partial charge in [-0.2, -0.15) is 0 Å². The second-order valence-corrected chi connectivity index (χ2v) is 4.73. The van der Waals surface area contributed by atoms with Crippen LogP contribution >= 0.6 is 23.2 Å². The van der Waals surface area contributed by atoms with Gasteiger partial charge in [0.1, 0.15) is 0 Å². The Kier molecular flexibility index (Phi) is 3.01. The lowest BCUT2D eigenvalue weighted by Crippen LogP contribution is -2.13. The van der Waals surface area contributed by atoms with Gasteiger partial charge in [0.15, 0.2) is 0 Å². The molecule has 2 rings (SSSR count). The molecule has 1 aliphatic rings. The molecule has 3 heteroatoms. The van der Waals surface area contributed by atoms with Crippen molar-refractivity contribution in [2.75, 3.05) is 6.54 Å². The Bertz CT molecular complexity index is 338. The maximum absolute atomic E-state index is 6.15. The maximum atomic E-state index is 6.15. The summed E-state index contributed by atoms with van der Waals surface area (Å²) in [6.07, 6.45) is 1.14. The summed E-state index contributed by atoms with van der Waals surface area (Å²) in [5, 5.41) is 4.79. The summed E-state index contributed by atoms with van der Waals surface area (Å²) in [5.41, 5.74) is 1.13. The minimum absolute atomic E-state index is 0.371. The number of hydrogen-bond acceptors (Lipinski definition) is 1. The van der Waals surface area contributed by atoms with Crippen LogP contribution < -0.4 is 5.32 Å². The van der Waals surface area contributed by atoms with Gasteiger partial charge in [-0.3, -0.25) is 0 Å². The fourth-order valence-corrected chi connectivity index (χ4v) is 2.38. The molecule has 0 radical (unpaired) electrons. The minimum Gasteiger partial charge on any atom is -0.310 e. The average Bonchev–Trinajstić information content (AvgIpc) is 2.57. The van der Waals surface area contributed by atoms with Crippen molar-refractivity contribution < 1.29 is 0 Å². The van der Waals surface area contributed by atoms with Gasteiger partial charge in [-0.15, -0.1) is 0 Å². The molecule has 14 heavy (non-hydrogen) atoms. The summed E-state index contributed by atoms with van der Waals surface area (Å²) in [4.78, 5) is 0. The van der Waals surface area contributed by atoms with Gasteiger partial charge in [-0.1, -0.05) is 42.3 Å². The highest BCUT2D eigenvalue weighted by Crippen LogP contribution is 2.34. The van der Waals surface area contributed by atoms with Crippen molar-refractivity contribution in [1.82, 2.24) is 5.32 Å². The van der Waals surface area contributed by atoms with E-state index >= 15 is 0 Å². The van der Waals surface area contributed by atoms with E-state index in [-0.39, 0.29) is 0 Å². The third kappa shape index (κ3) is 1.90. The van der Waals surface area contributed by atoms with Crippen molar-refractivity contribution in [3.63, 3.8) is 0 Å². The quantitative estimate of drug-likeness (QED) is 0.776. The molecule has 0 saturated carbocycles. The van der Waals surface area contributed by atoms with E-state index in [9.17, 15) is 0 Å². The molecule has 2 atom stereocenters. The normalized spacial score (nSPS) is 26.8. The van der Waals surface area contributed by atoms with Crippen LogP contribution in [0.3, 0.4) is 0 Å². The highest BCUT2D eigenvalue weighted by atomic mass is 35.5. The highest BCUT2D eigenvalue weighted by Gasteiger charge is 2.24. The van der Waals surface area contributed by atoms with Crippen LogP contribution in [0.15, 0.2) is 18.2 Å². The number of benzene rings is 1. The molecule has 1 aliphatic heterocycles. The van der Waals surface area contributed by atoms with E-state index < -0.39 is 0 Å². The lowest BCUT2D eigenvalue weighted by Gasteiger charge is -2.13. The zero-order valence-corrected chi connectivity index (χ0v) is 9.57. The van der Waals surface area contributed by atoms with Gasteiger partial charge in [0.05, 0.1) is 10.0 Å². The van der Waals surface area contributed by atoms with Gasteiger partial charge in [-0.05, 0) is 30.5 Å². The van der Waals surface area contributed by atoms with E-state index in [1.807, 2.05) is 18.2 Å². The van der Waals surface area contributed by atoms with Crippen LogP contribution in [0, 0.1) is 5.92 Å². The van der Waals surface area contributed by atoms with Gasteiger partial charge >= 0.3 is 0 Å². The molecule has 1 nitrogen and oxygen atoms in total. The Balaban J connectivity index is 2.28. The first-order valence-electron chi connectivity index (χ1n) is 4.85. The number of hydrogen-bond donors (Lipinski definition) is 1. The molecule has 1 fully saturated rings. The van der Waals surface area contributed by atoms with Gasteiger partial charge in [0.2, 0.25) is 0 Å². The lowest BCUT2D eigenvalue weighted by molar-refractivity contribution is 0.612. The molecule has 1 saturated heterocycles. The van der Waals surface area contributed by atoms with E-state index in [1.54, 1.807) is 0 Å². The first-order valence-corrected chi connectivity index (χ1v) is 5.61. The largest absolute Gasteiger partial charge is 0.310 e. The summed E-state index contributed by atoms with van der Waals surface area (Å²) in [6, 6.07) is 6.19. The summed E-state index contributed by atoms with van der Waals surface area (Å²) >= 11 is 12.1. The molecule has 76 valence electrons. The number of halogens is 2. The number of nitrogens with one attached hydrogen (secondary N) is 1. The van der Waals surface area contributed by atoms with Crippen molar-refractivity contribution in [3.8, 4) is 0 Å². The predicted octanol–water partition coefficient (Wildman–Crippen LogP) is 3.66. The molecule has 1 heterocycles. The Morgan fingerprint density at radius 1 is 1.36 bits per heavy atom. The fourth-order valence-electron chi connectivity index (χ4n) is 1.94. The SMILES string of the molecule is C[C@H]1CN[C@H](c2cccc(Cl)c2Cl)C1. The second kappa shape index (κ2) is 4.09. The molecule has 0 bridgehead atoms. The summed E-state index contributed by atoms with van der Waals surface area (Å²) in [5.74, 6) is 0.718. The molecule has 0 aromatic heterocycles. The Morgan fingerprint density at radius 3 is 2.79 bits per heavy atom. The number of rotatable bonds is 1. The van der Waals surface area contributed by atoms with E-state index in [2.05, 4.69) is 12.2 Å². The van der Waals surface area contributed by atoms with E-state index in [4.69, 9.17) is 23.2 Å². The summed E-state index contributed by atoms with van der Waals surface area (Å²) in [6.45, 7) is 3.30. The van der Waals surface area contributed by atoms with Crippen LogP contribution in [0.1, 0.15) is 24.9 Å². The van der Waals surface area contributed by atoms with Gasteiger partial charge in [0.25, 0.3) is 0 Å². The van der Waals surface area contributed by atoms with Crippen molar-refractivity contribution in [2.45, 2.75) is 19.4 Å². The maximum Gasteiger partial charge on any atom is 0.0640 e. The summed E-state index contributed by atoms with van der Waals surface area (Å²) in [7, 11) is 0. The molecule has 0 aliphatic carbocycles. The zero-order chi connectivity index (χ0) is 10.1. The Morgan fingerprint density at radius 2 is 2.14 bits per heavy atom. The van der Waals surface area contributed by atoms with Gasteiger partial charge < -0.3 is 5.32 Å². The van der Waals surface area contributed by atoms with E-state index in [0.717, 1.165) is 24.4 Å². The van der Waals surface area contributed by atoms with Crippen LogP contribution in [-0.2, 0) is 0 Å². The molecule has 1 N–H and O–H groups in total. The van der Waals surface area contributed by atoms with Crippen LogP contribution in [0.2, 0.25) is 10.0 Å². The standard InChI is InChI=1S/C11H13Cl2N/c1-7-5-10(14-6-7)8-3-2-4-9(12)11(8)13/h2-4,7,10,14H,5-6H2,1H3/t7-,10+/m1/s1. The molecule has 0 spiro atoms. The van der Waals surface area contributed by atoms with Gasteiger partial charge in [0, 0.05) is 6.04 Å². The third-order valence-corrected chi connectivity index (χ3v) is 3.54. The molecule has 0 unspecified atom stereocenters. The first kappa shape index (κ1) is 10.3. The van der Waals surface area contributed by atoms with Crippen LogP contribution in [0.5, 0.6) is 0 Å². The van der Waals surface area contributed by atoms with Crippen LogP contribution in [0.25, 0.3) is 0 Å². The van der Waals surface area contributed by atoms with E-state index in [0.29, 0.717) is 16.1 Å². The molecule has 1 aromatic carbocycles. The second-order valence-electron chi connectivity index (χ2n) is 3.94. The van der Waals surface area contributed by atoms with Crippen molar-refractivity contribution in [2.24, 2.45) is 5.92 Å².